The minimum Gasteiger partial charge on any atom is -0.402 e. The van der Waals surface area contributed by atoms with Gasteiger partial charge in [-0.05, 0) is 0 Å². The summed E-state index contributed by atoms with van der Waals surface area (Å²) in [5, 5.41) is 54.7. The van der Waals surface area contributed by atoms with E-state index >= 15 is 0 Å². The number of rotatable bonds is 7. The number of aliphatic hydroxyl groups is 4. The molecule has 0 amide bonds. The second-order valence-corrected chi connectivity index (χ2v) is 2.87. The molecule has 0 spiro atoms. The Morgan fingerprint density at radius 2 is 0.944 bits per heavy atom. The van der Waals surface area contributed by atoms with E-state index in [0.29, 0.717) is 26.2 Å². The average molecular weight is 272 g/mol. The smallest absolute Gasteiger partial charge is 0.402 e. The van der Waals surface area contributed by atoms with Crippen molar-refractivity contribution in [1.82, 2.24) is 4.90 Å². The van der Waals surface area contributed by atoms with Gasteiger partial charge in [0, 0.05) is 26.2 Å². The van der Waals surface area contributed by atoms with Gasteiger partial charge in [-0.2, -0.15) is 0 Å². The van der Waals surface area contributed by atoms with Crippen LogP contribution in [-0.2, 0) is 0 Å². The van der Waals surface area contributed by atoms with E-state index in [0.717, 1.165) is 0 Å². The Morgan fingerprint density at radius 1 is 0.722 bits per heavy atom. The van der Waals surface area contributed by atoms with Crippen LogP contribution < -0.4 is 5.73 Å². The van der Waals surface area contributed by atoms with Crippen LogP contribution in [0.15, 0.2) is 0 Å². The van der Waals surface area contributed by atoms with E-state index in [1.807, 2.05) is 0 Å². The third-order valence-corrected chi connectivity index (χ3v) is 1.38. The quantitative estimate of drug-likeness (QED) is 0.212. The summed E-state index contributed by atoms with van der Waals surface area (Å²) in [4.78, 5) is 1.79. The lowest BCUT2D eigenvalue weighted by atomic mass is 10.3. The fourth-order valence-corrected chi connectivity index (χ4v) is 0.760. The molecular formula is C8H25BN2O7. The van der Waals surface area contributed by atoms with Crippen LogP contribution in [0.5, 0.6) is 0 Å². The summed E-state index contributed by atoms with van der Waals surface area (Å²) in [7, 11) is -2.17. The highest BCUT2D eigenvalue weighted by Gasteiger charge is 2.00. The Kier molecular flexibility index (Phi) is 27.8. The van der Waals surface area contributed by atoms with E-state index in [9.17, 15) is 0 Å². The van der Waals surface area contributed by atoms with Crippen molar-refractivity contribution in [1.29, 1.82) is 0 Å². The summed E-state index contributed by atoms with van der Waals surface area (Å²) in [5.74, 6) is 0. The molecule has 0 aliphatic carbocycles. The highest BCUT2D eigenvalue weighted by atomic mass is 16.5. The monoisotopic (exact) mass is 272 g/mol. The van der Waals surface area contributed by atoms with Gasteiger partial charge >= 0.3 is 7.32 Å². The van der Waals surface area contributed by atoms with E-state index < -0.39 is 7.32 Å². The molecule has 0 bridgehead atoms. The topological polar surface area (TPSA) is 171 Å². The lowest BCUT2D eigenvalue weighted by Crippen LogP contribution is -2.32. The van der Waals surface area contributed by atoms with Gasteiger partial charge in [0.05, 0.1) is 26.4 Å². The lowest BCUT2D eigenvalue weighted by molar-refractivity contribution is 0.136. The van der Waals surface area contributed by atoms with Crippen LogP contribution in [-0.4, -0.2) is 100 Å². The Labute approximate surface area is 107 Å². The van der Waals surface area contributed by atoms with E-state index in [2.05, 4.69) is 0 Å². The molecule has 0 saturated heterocycles. The van der Waals surface area contributed by atoms with Gasteiger partial charge in [0.15, 0.2) is 0 Å². The zero-order valence-corrected chi connectivity index (χ0v) is 10.4. The molecule has 0 aromatic rings. The molecule has 112 valence electrons. The van der Waals surface area contributed by atoms with Gasteiger partial charge in [0.1, 0.15) is 0 Å². The molecule has 0 atom stereocenters. The maximum Gasteiger partial charge on any atom is 0.631 e. The molecule has 18 heavy (non-hydrogen) atoms. The van der Waals surface area contributed by atoms with E-state index in [1.165, 1.54) is 0 Å². The van der Waals surface area contributed by atoms with E-state index in [4.69, 9.17) is 41.2 Å². The number of aliphatic hydroxyl groups excluding tert-OH is 4. The Bertz CT molecular complexity index is 115. The molecule has 0 heterocycles. The van der Waals surface area contributed by atoms with E-state index in [1.54, 1.807) is 4.90 Å². The van der Waals surface area contributed by atoms with Gasteiger partial charge in [0.2, 0.25) is 0 Å². The standard InChI is InChI=1S/C6H15NO3.C2H7NO.BH3O3/c8-4-1-7(2-5-9)3-6-10;3-1-2-4;2-1(3)4/h8-10H,1-6H2;4H,1-3H2;2-4H. The largest absolute Gasteiger partial charge is 0.631 e. The fourth-order valence-electron chi connectivity index (χ4n) is 0.760. The molecule has 0 aliphatic heterocycles. The summed E-state index contributed by atoms with van der Waals surface area (Å²) < 4.78 is 0. The zero-order valence-electron chi connectivity index (χ0n) is 10.4. The molecule has 0 fully saturated rings. The van der Waals surface area contributed by atoms with Crippen LogP contribution in [0, 0.1) is 0 Å². The lowest BCUT2D eigenvalue weighted by Gasteiger charge is -2.17. The number of hydrogen-bond acceptors (Lipinski definition) is 9. The van der Waals surface area contributed by atoms with Gasteiger partial charge in [-0.3, -0.25) is 4.90 Å². The first-order chi connectivity index (χ1) is 8.49. The maximum atomic E-state index is 8.48. The van der Waals surface area contributed by atoms with Crippen molar-refractivity contribution in [2.45, 2.75) is 0 Å². The Hall–Kier alpha value is -0.295. The van der Waals surface area contributed by atoms with Gasteiger partial charge < -0.3 is 41.2 Å². The normalized spacial score (nSPS) is 9.17. The maximum absolute atomic E-state index is 8.48. The number of hydrogen-bond donors (Lipinski definition) is 8. The highest BCUT2D eigenvalue weighted by molar-refractivity contribution is 6.30. The van der Waals surface area contributed by atoms with Crippen LogP contribution in [0.25, 0.3) is 0 Å². The third-order valence-electron chi connectivity index (χ3n) is 1.38. The first-order valence-electron chi connectivity index (χ1n) is 5.40. The van der Waals surface area contributed by atoms with Crippen molar-refractivity contribution in [3.05, 3.63) is 0 Å². The number of nitrogens with zero attached hydrogens (tertiary/aromatic N) is 1. The van der Waals surface area contributed by atoms with Crippen molar-refractivity contribution in [2.24, 2.45) is 5.73 Å². The van der Waals surface area contributed by atoms with Crippen LogP contribution >= 0.6 is 0 Å². The van der Waals surface area contributed by atoms with Crippen LogP contribution in [0.3, 0.4) is 0 Å². The highest BCUT2D eigenvalue weighted by Crippen LogP contribution is 1.84. The first-order valence-corrected chi connectivity index (χ1v) is 5.40. The minimum absolute atomic E-state index is 0.0694. The summed E-state index contributed by atoms with van der Waals surface area (Å²) in [5.41, 5.74) is 4.78. The second kappa shape index (κ2) is 21.9. The predicted molar refractivity (Wildman–Crippen MR) is 66.2 cm³/mol. The molecule has 0 aromatic heterocycles. The van der Waals surface area contributed by atoms with Crippen molar-refractivity contribution in [3.63, 3.8) is 0 Å². The fraction of sp³-hybridized carbons (Fsp3) is 1.00. The number of nitrogens with two attached hydrogens (primary N) is 1. The first kappa shape index (κ1) is 22.8. The van der Waals surface area contributed by atoms with Gasteiger partial charge in [-0.1, -0.05) is 0 Å². The summed E-state index contributed by atoms with van der Waals surface area (Å²) >= 11 is 0. The van der Waals surface area contributed by atoms with Crippen molar-refractivity contribution in [2.75, 3.05) is 52.6 Å². The van der Waals surface area contributed by atoms with Crippen LogP contribution in [0.2, 0.25) is 0 Å². The summed E-state index contributed by atoms with van der Waals surface area (Å²) in [6.07, 6.45) is 0. The second-order valence-electron chi connectivity index (χ2n) is 2.87. The molecule has 0 saturated carbocycles. The molecule has 0 aromatic carbocycles. The van der Waals surface area contributed by atoms with Crippen LogP contribution in [0.1, 0.15) is 0 Å². The van der Waals surface area contributed by atoms with Crippen LogP contribution in [0.4, 0.5) is 0 Å². The molecule has 0 rings (SSSR count). The van der Waals surface area contributed by atoms with Crippen molar-refractivity contribution >= 4 is 7.32 Å². The van der Waals surface area contributed by atoms with Crippen molar-refractivity contribution < 1.29 is 35.5 Å². The minimum atomic E-state index is -2.17. The summed E-state index contributed by atoms with van der Waals surface area (Å²) in [6.45, 7) is 2.23. The predicted octanol–water partition coefficient (Wildman–Crippen LogP) is -4.85. The molecule has 9 N–H and O–H groups in total. The van der Waals surface area contributed by atoms with E-state index in [-0.39, 0.29) is 26.4 Å². The third kappa shape index (κ3) is 36.1. The summed E-state index contributed by atoms with van der Waals surface area (Å²) in [6, 6.07) is 0. The molecular weight excluding hydrogens is 247 g/mol. The molecule has 9 nitrogen and oxygen atoms in total. The molecule has 0 unspecified atom stereocenters. The SMILES string of the molecule is NCCO.OB(O)O.OCCN(CCO)CCO. The zero-order chi connectivity index (χ0) is 14.8. The molecule has 10 heteroatoms. The molecule has 0 aliphatic rings. The Morgan fingerprint density at radius 3 is 1.06 bits per heavy atom. The Balaban J connectivity index is -0.000000233. The van der Waals surface area contributed by atoms with Gasteiger partial charge in [-0.25, -0.2) is 0 Å². The average Bonchev–Trinajstić information content (AvgIpc) is 2.30. The van der Waals surface area contributed by atoms with Gasteiger partial charge in [0.25, 0.3) is 0 Å². The van der Waals surface area contributed by atoms with Crippen molar-refractivity contribution in [3.8, 4) is 0 Å². The van der Waals surface area contributed by atoms with Gasteiger partial charge in [-0.15, -0.1) is 0 Å². The molecule has 0 radical (unpaired) electrons.